The maximum atomic E-state index is 12.3. The first-order valence-corrected chi connectivity index (χ1v) is 9.33. The molecule has 28 heavy (non-hydrogen) atoms. The average Bonchev–Trinajstić information content (AvgIpc) is 3.10. The van der Waals surface area contributed by atoms with Crippen LogP contribution in [0.3, 0.4) is 0 Å². The van der Waals surface area contributed by atoms with Crippen LogP contribution in [0.5, 0.6) is 0 Å². The number of nitrogens with one attached hydrogen (secondary N) is 1. The van der Waals surface area contributed by atoms with Gasteiger partial charge >= 0.3 is 0 Å². The zero-order chi connectivity index (χ0) is 20.3. The van der Waals surface area contributed by atoms with Crippen molar-refractivity contribution in [2.45, 2.75) is 39.5 Å². The van der Waals surface area contributed by atoms with Gasteiger partial charge in [-0.1, -0.05) is 37.3 Å². The number of carbonyl (C=O) groups is 2. The van der Waals surface area contributed by atoms with Crippen molar-refractivity contribution in [3.8, 4) is 0 Å². The van der Waals surface area contributed by atoms with Crippen molar-refractivity contribution in [3.63, 3.8) is 0 Å². The summed E-state index contributed by atoms with van der Waals surface area (Å²) in [5.74, 6) is -0.344. The molecule has 3 aromatic rings. The monoisotopic (exact) mass is 379 g/mol. The van der Waals surface area contributed by atoms with Gasteiger partial charge in [0.25, 0.3) is 5.91 Å². The highest BCUT2D eigenvalue weighted by atomic mass is 16.2. The number of fused-ring (bicyclic) bond motifs is 1. The summed E-state index contributed by atoms with van der Waals surface area (Å²) in [6, 6.07) is 10.1. The van der Waals surface area contributed by atoms with Gasteiger partial charge in [-0.2, -0.15) is 0 Å². The Hall–Kier alpha value is -3.22. The van der Waals surface area contributed by atoms with Crippen LogP contribution in [-0.2, 0) is 11.2 Å². The van der Waals surface area contributed by atoms with Crippen LogP contribution in [0.2, 0.25) is 0 Å². The Morgan fingerprint density at radius 2 is 1.93 bits per heavy atom. The summed E-state index contributed by atoms with van der Waals surface area (Å²) in [6.07, 6.45) is 2.48. The molecule has 2 amide bonds. The predicted molar refractivity (Wildman–Crippen MR) is 107 cm³/mol. The van der Waals surface area contributed by atoms with Crippen molar-refractivity contribution in [1.29, 1.82) is 0 Å². The van der Waals surface area contributed by atoms with Gasteiger partial charge in [-0.25, -0.2) is 9.97 Å². The van der Waals surface area contributed by atoms with Gasteiger partial charge in [-0.15, -0.1) is 0 Å². The van der Waals surface area contributed by atoms with E-state index in [9.17, 15) is 9.59 Å². The zero-order valence-corrected chi connectivity index (χ0v) is 16.4. The summed E-state index contributed by atoms with van der Waals surface area (Å²) < 4.78 is 1.75. The van der Waals surface area contributed by atoms with E-state index in [2.05, 4.69) is 34.3 Å². The molecule has 0 saturated carbocycles. The van der Waals surface area contributed by atoms with Crippen molar-refractivity contribution >= 4 is 17.5 Å². The molecule has 0 radical (unpaired) electrons. The van der Waals surface area contributed by atoms with Gasteiger partial charge in [0, 0.05) is 24.4 Å². The van der Waals surface area contributed by atoms with Gasteiger partial charge in [-0.05, 0) is 37.3 Å². The third-order valence-electron chi connectivity index (χ3n) is 5.06. The molecule has 1 unspecified atom stereocenters. The number of aromatic nitrogens is 3. The minimum absolute atomic E-state index is 0.00475. The molecule has 3 rings (SSSR count). The lowest BCUT2D eigenvalue weighted by molar-refractivity contribution is -0.121. The Labute approximate surface area is 164 Å². The van der Waals surface area contributed by atoms with Crippen molar-refractivity contribution < 1.29 is 9.59 Å². The molecule has 2 heterocycles. The van der Waals surface area contributed by atoms with Crippen LogP contribution in [0, 0.1) is 13.8 Å². The summed E-state index contributed by atoms with van der Waals surface area (Å²) >= 11 is 0. The summed E-state index contributed by atoms with van der Waals surface area (Å²) in [7, 11) is 0. The van der Waals surface area contributed by atoms with Crippen molar-refractivity contribution in [2.75, 3.05) is 6.54 Å². The topological polar surface area (TPSA) is 102 Å². The summed E-state index contributed by atoms with van der Waals surface area (Å²) in [5.41, 5.74) is 9.83. The van der Waals surface area contributed by atoms with E-state index in [-0.39, 0.29) is 17.5 Å². The molecule has 1 atom stereocenters. The smallest absolute Gasteiger partial charge is 0.271 e. The lowest BCUT2D eigenvalue weighted by atomic mass is 10.0. The van der Waals surface area contributed by atoms with Crippen LogP contribution >= 0.6 is 0 Å². The maximum Gasteiger partial charge on any atom is 0.271 e. The second-order valence-electron chi connectivity index (χ2n) is 7.03. The van der Waals surface area contributed by atoms with E-state index in [1.165, 1.54) is 5.56 Å². The van der Waals surface area contributed by atoms with Crippen LogP contribution in [-0.4, -0.2) is 32.7 Å². The third-order valence-corrected chi connectivity index (χ3v) is 5.06. The van der Waals surface area contributed by atoms with Crippen LogP contribution in [0.15, 0.2) is 36.7 Å². The first kappa shape index (κ1) is 19.5. The Balaban J connectivity index is 1.65. The number of benzene rings is 1. The molecule has 0 aliphatic carbocycles. The molecule has 2 aromatic heterocycles. The van der Waals surface area contributed by atoms with Crippen LogP contribution < -0.4 is 11.1 Å². The summed E-state index contributed by atoms with van der Waals surface area (Å²) in [5, 5.41) is 3.01. The van der Waals surface area contributed by atoms with E-state index in [0.717, 1.165) is 17.0 Å². The molecule has 3 N–H and O–H groups in total. The fourth-order valence-electron chi connectivity index (χ4n) is 3.36. The van der Waals surface area contributed by atoms with E-state index in [1.807, 2.05) is 32.0 Å². The second kappa shape index (κ2) is 8.21. The molecule has 0 aliphatic rings. The molecule has 0 spiro atoms. The Morgan fingerprint density at radius 1 is 1.21 bits per heavy atom. The van der Waals surface area contributed by atoms with Crippen molar-refractivity contribution in [2.24, 2.45) is 5.73 Å². The fraction of sp³-hybridized carbons (Fsp3) is 0.333. The Morgan fingerprint density at radius 3 is 2.61 bits per heavy atom. The number of rotatable bonds is 7. The van der Waals surface area contributed by atoms with Crippen molar-refractivity contribution in [1.82, 2.24) is 19.7 Å². The number of amides is 2. The highest BCUT2D eigenvalue weighted by Crippen LogP contribution is 2.19. The van der Waals surface area contributed by atoms with Gasteiger partial charge in [0.05, 0.1) is 0 Å². The molecule has 0 aliphatic heterocycles. The summed E-state index contributed by atoms with van der Waals surface area (Å²) in [4.78, 5) is 32.3. The largest absolute Gasteiger partial charge is 0.364 e. The molecular formula is C21H25N5O2. The number of hydrogen-bond acceptors (Lipinski definition) is 4. The van der Waals surface area contributed by atoms with Gasteiger partial charge in [-0.3, -0.25) is 14.0 Å². The maximum absolute atomic E-state index is 12.3. The third kappa shape index (κ3) is 4.03. The van der Waals surface area contributed by atoms with Gasteiger partial charge in [0.1, 0.15) is 6.33 Å². The highest BCUT2D eigenvalue weighted by molar-refractivity contribution is 5.96. The second-order valence-corrected chi connectivity index (χ2v) is 7.03. The van der Waals surface area contributed by atoms with Crippen LogP contribution in [0.1, 0.15) is 52.3 Å². The summed E-state index contributed by atoms with van der Waals surface area (Å²) in [6.45, 7) is 6.49. The van der Waals surface area contributed by atoms with E-state index < -0.39 is 5.91 Å². The Bertz CT molecular complexity index is 1010. The minimum Gasteiger partial charge on any atom is -0.364 e. The molecule has 0 fully saturated rings. The van der Waals surface area contributed by atoms with E-state index in [1.54, 1.807) is 10.7 Å². The van der Waals surface area contributed by atoms with Gasteiger partial charge in [0.2, 0.25) is 5.91 Å². The number of nitrogens with zero attached hydrogens (tertiary/aromatic N) is 3. The van der Waals surface area contributed by atoms with Crippen LogP contribution in [0.25, 0.3) is 5.65 Å². The average molecular weight is 379 g/mol. The highest BCUT2D eigenvalue weighted by Gasteiger charge is 2.17. The molecular weight excluding hydrogens is 354 g/mol. The van der Waals surface area contributed by atoms with Gasteiger partial charge in [0.15, 0.2) is 11.3 Å². The fourth-order valence-corrected chi connectivity index (χ4v) is 3.36. The normalized spacial score (nSPS) is 12.1. The lowest BCUT2D eigenvalue weighted by Gasteiger charge is -2.14. The predicted octanol–water partition coefficient (Wildman–Crippen LogP) is 2.30. The van der Waals surface area contributed by atoms with E-state index in [0.29, 0.717) is 25.0 Å². The molecule has 0 saturated heterocycles. The lowest BCUT2D eigenvalue weighted by Crippen LogP contribution is -2.27. The molecule has 7 heteroatoms. The number of primary amides is 1. The molecule has 0 bridgehead atoms. The first-order chi connectivity index (χ1) is 13.4. The number of nitrogens with two attached hydrogens (primary N) is 1. The van der Waals surface area contributed by atoms with Crippen LogP contribution in [0.4, 0.5) is 0 Å². The standard InChI is InChI=1S/C21H25N5O2/c1-13(16-7-5-4-6-8-16)11-23-18(27)10-9-17-14(2)25-21-19(20(22)28)24-12-26(21)15(17)3/h4-8,12-13H,9-11H2,1-3H3,(H2,22,28)(H,23,27). The number of carbonyl (C=O) groups excluding carboxylic acids is 2. The van der Waals surface area contributed by atoms with Gasteiger partial charge < -0.3 is 11.1 Å². The molecule has 7 nitrogen and oxygen atoms in total. The zero-order valence-electron chi connectivity index (χ0n) is 16.4. The number of hydrogen-bond donors (Lipinski definition) is 2. The Kier molecular flexibility index (Phi) is 5.73. The van der Waals surface area contributed by atoms with E-state index >= 15 is 0 Å². The van der Waals surface area contributed by atoms with Crippen molar-refractivity contribution in [3.05, 3.63) is 64.9 Å². The van der Waals surface area contributed by atoms with E-state index in [4.69, 9.17) is 5.73 Å². The molecule has 146 valence electrons. The SMILES string of the molecule is Cc1nc2c(C(N)=O)ncn2c(C)c1CCC(=O)NCC(C)c1ccccc1. The number of aryl methyl sites for hydroxylation is 2. The first-order valence-electron chi connectivity index (χ1n) is 9.33. The minimum atomic E-state index is -0.603. The number of imidazole rings is 1. The quantitative estimate of drug-likeness (QED) is 0.657. The molecule has 1 aromatic carbocycles.